The van der Waals surface area contributed by atoms with Crippen LogP contribution in [0.25, 0.3) is 0 Å². The van der Waals surface area contributed by atoms with Crippen molar-refractivity contribution in [2.45, 2.75) is 18.6 Å². The van der Waals surface area contributed by atoms with Gasteiger partial charge >= 0.3 is 0 Å². The number of aryl methyl sites for hydroxylation is 1. The Labute approximate surface area is 116 Å². The summed E-state index contributed by atoms with van der Waals surface area (Å²) < 4.78 is 32.3. The monoisotopic (exact) mass is 298 g/mol. The average molecular weight is 298 g/mol. The molecule has 0 aliphatic carbocycles. The zero-order valence-electron chi connectivity index (χ0n) is 11.0. The van der Waals surface area contributed by atoms with Crippen LogP contribution in [0.2, 0.25) is 0 Å². The normalized spacial score (nSPS) is 11.6. The number of rotatable bonds is 4. The van der Waals surface area contributed by atoms with Crippen LogP contribution < -0.4 is 5.14 Å². The first-order valence-electron chi connectivity index (χ1n) is 5.70. The summed E-state index contributed by atoms with van der Waals surface area (Å²) in [6.45, 7) is 2.12. The van der Waals surface area contributed by atoms with Crippen LogP contribution in [-0.2, 0) is 16.6 Å². The molecule has 0 aliphatic heterocycles. The van der Waals surface area contributed by atoms with Gasteiger partial charge in [0.25, 0.3) is 15.9 Å². The summed E-state index contributed by atoms with van der Waals surface area (Å²) in [6.07, 6.45) is 1.54. The second-order valence-electron chi connectivity index (χ2n) is 4.33. The van der Waals surface area contributed by atoms with E-state index in [1.165, 1.54) is 17.2 Å². The van der Waals surface area contributed by atoms with E-state index >= 15 is 0 Å². The van der Waals surface area contributed by atoms with Crippen LogP contribution in [0.1, 0.15) is 21.9 Å². The van der Waals surface area contributed by atoms with Gasteiger partial charge in [0.1, 0.15) is 5.76 Å². The molecule has 0 unspecified atom stereocenters. The molecule has 2 rings (SSSR count). The van der Waals surface area contributed by atoms with Crippen LogP contribution in [0, 0.1) is 6.92 Å². The third-order valence-corrected chi connectivity index (χ3v) is 3.57. The van der Waals surface area contributed by atoms with Crippen molar-refractivity contribution in [3.63, 3.8) is 0 Å². The van der Waals surface area contributed by atoms with E-state index < -0.39 is 21.0 Å². The molecule has 0 bridgehead atoms. The first kappa shape index (κ1) is 14.4. The quantitative estimate of drug-likeness (QED) is 0.909. The van der Waals surface area contributed by atoms with Crippen molar-refractivity contribution in [2.75, 3.05) is 7.05 Å². The highest BCUT2D eigenvalue weighted by Crippen LogP contribution is 2.16. The minimum atomic E-state index is -3.95. The summed E-state index contributed by atoms with van der Waals surface area (Å²) in [5.41, 5.74) is 0.860. The fourth-order valence-electron chi connectivity index (χ4n) is 1.68. The van der Waals surface area contributed by atoms with Crippen LogP contribution in [-0.4, -0.2) is 26.3 Å². The minimum absolute atomic E-state index is 0.0855. The Morgan fingerprint density at radius 1 is 1.35 bits per heavy atom. The van der Waals surface area contributed by atoms with Gasteiger partial charge in [0.05, 0.1) is 6.26 Å². The fourth-order valence-corrected chi connectivity index (χ4v) is 2.14. The summed E-state index contributed by atoms with van der Waals surface area (Å²) in [5.74, 6) is 0.187. The van der Waals surface area contributed by atoms with Gasteiger partial charge in [0.2, 0.25) is 5.09 Å². The molecule has 2 N–H and O–H groups in total. The second-order valence-corrected chi connectivity index (χ2v) is 5.82. The molecular formula is C12H14N2O5S. The molecular weight excluding hydrogens is 284 g/mol. The van der Waals surface area contributed by atoms with Crippen LogP contribution in [0.4, 0.5) is 0 Å². The predicted molar refractivity (Wildman–Crippen MR) is 69.3 cm³/mol. The molecule has 2 aromatic heterocycles. The standard InChI is InChI=1S/C12H14N2O5S/c1-8-9(5-6-18-8)7-14(2)12(15)10-3-4-11(19-10)20(13,16)17/h3-6H,7H2,1-2H3,(H2,13,16,17). The van der Waals surface area contributed by atoms with Gasteiger partial charge in [-0.3, -0.25) is 4.79 Å². The lowest BCUT2D eigenvalue weighted by Crippen LogP contribution is -2.25. The Bertz CT molecular complexity index is 729. The van der Waals surface area contributed by atoms with Gasteiger partial charge in [-0.25, -0.2) is 13.6 Å². The van der Waals surface area contributed by atoms with Gasteiger partial charge in [-0.2, -0.15) is 0 Å². The van der Waals surface area contributed by atoms with Gasteiger partial charge < -0.3 is 13.7 Å². The van der Waals surface area contributed by atoms with E-state index in [-0.39, 0.29) is 5.76 Å². The van der Waals surface area contributed by atoms with Crippen molar-refractivity contribution < 1.29 is 22.0 Å². The fraction of sp³-hybridized carbons (Fsp3) is 0.250. The summed E-state index contributed by atoms with van der Waals surface area (Å²) in [6, 6.07) is 4.19. The number of furan rings is 2. The first-order valence-corrected chi connectivity index (χ1v) is 7.24. The summed E-state index contributed by atoms with van der Waals surface area (Å²) >= 11 is 0. The maximum Gasteiger partial charge on any atom is 0.289 e. The van der Waals surface area contributed by atoms with Gasteiger partial charge in [-0.1, -0.05) is 0 Å². The molecule has 2 heterocycles. The molecule has 0 aromatic carbocycles. The van der Waals surface area contributed by atoms with E-state index in [0.717, 1.165) is 11.6 Å². The van der Waals surface area contributed by atoms with Crippen LogP contribution in [0.15, 0.2) is 38.4 Å². The Hall–Kier alpha value is -2.06. The molecule has 8 heteroatoms. The maximum atomic E-state index is 12.1. The number of primary sulfonamides is 1. The topological polar surface area (TPSA) is 107 Å². The average Bonchev–Trinajstić information content (AvgIpc) is 2.97. The molecule has 2 aromatic rings. The smallest absolute Gasteiger partial charge is 0.289 e. The molecule has 0 fully saturated rings. The second kappa shape index (κ2) is 5.14. The highest BCUT2D eigenvalue weighted by atomic mass is 32.2. The van der Waals surface area contributed by atoms with Crippen molar-refractivity contribution in [1.29, 1.82) is 0 Å². The van der Waals surface area contributed by atoms with Crippen molar-refractivity contribution >= 4 is 15.9 Å². The number of carbonyl (C=O) groups is 1. The zero-order chi connectivity index (χ0) is 14.9. The van der Waals surface area contributed by atoms with E-state index in [1.807, 2.05) is 0 Å². The molecule has 7 nitrogen and oxygen atoms in total. The van der Waals surface area contributed by atoms with Crippen LogP contribution in [0.3, 0.4) is 0 Å². The number of sulfonamides is 1. The molecule has 0 atom stereocenters. The van der Waals surface area contributed by atoms with Crippen molar-refractivity contribution in [3.8, 4) is 0 Å². The number of carbonyl (C=O) groups excluding carboxylic acids is 1. The summed E-state index contributed by atoms with van der Waals surface area (Å²) in [5, 5.41) is 4.48. The van der Waals surface area contributed by atoms with E-state index in [4.69, 9.17) is 14.0 Å². The number of hydrogen-bond acceptors (Lipinski definition) is 5. The van der Waals surface area contributed by atoms with Crippen LogP contribution >= 0.6 is 0 Å². The lowest BCUT2D eigenvalue weighted by atomic mass is 10.2. The summed E-state index contributed by atoms with van der Waals surface area (Å²) in [4.78, 5) is 13.5. The number of nitrogens with two attached hydrogens (primary N) is 1. The Kier molecular flexibility index (Phi) is 3.69. The third kappa shape index (κ3) is 2.91. The molecule has 108 valence electrons. The zero-order valence-corrected chi connectivity index (χ0v) is 11.8. The van der Waals surface area contributed by atoms with Gasteiger partial charge in [0.15, 0.2) is 5.76 Å². The molecule has 0 saturated carbocycles. The maximum absolute atomic E-state index is 12.1. The lowest BCUT2D eigenvalue weighted by Gasteiger charge is -2.14. The molecule has 1 amide bonds. The molecule has 0 saturated heterocycles. The van der Waals surface area contributed by atoms with E-state index in [0.29, 0.717) is 12.3 Å². The Balaban J connectivity index is 2.15. The first-order chi connectivity index (χ1) is 9.29. The van der Waals surface area contributed by atoms with Crippen LogP contribution in [0.5, 0.6) is 0 Å². The predicted octanol–water partition coefficient (Wildman–Crippen LogP) is 1.10. The third-order valence-electron chi connectivity index (χ3n) is 2.79. The highest BCUT2D eigenvalue weighted by Gasteiger charge is 2.20. The lowest BCUT2D eigenvalue weighted by molar-refractivity contribution is 0.0747. The van der Waals surface area contributed by atoms with Gasteiger partial charge in [-0.05, 0) is 25.1 Å². The van der Waals surface area contributed by atoms with Gasteiger partial charge in [0, 0.05) is 19.2 Å². The van der Waals surface area contributed by atoms with Crippen molar-refractivity contribution in [2.24, 2.45) is 5.14 Å². The molecule has 0 aliphatic rings. The number of nitrogens with zero attached hydrogens (tertiary/aromatic N) is 1. The SMILES string of the molecule is Cc1occc1CN(C)C(=O)c1ccc(S(N)(=O)=O)o1. The highest BCUT2D eigenvalue weighted by molar-refractivity contribution is 7.89. The summed E-state index contributed by atoms with van der Waals surface area (Å²) in [7, 11) is -2.37. The van der Waals surface area contributed by atoms with Crippen molar-refractivity contribution in [1.82, 2.24) is 4.90 Å². The van der Waals surface area contributed by atoms with E-state index in [9.17, 15) is 13.2 Å². The Morgan fingerprint density at radius 2 is 2.05 bits per heavy atom. The molecule has 0 radical (unpaired) electrons. The number of hydrogen-bond donors (Lipinski definition) is 1. The van der Waals surface area contributed by atoms with Gasteiger partial charge in [-0.15, -0.1) is 0 Å². The largest absolute Gasteiger partial charge is 0.469 e. The molecule has 0 spiro atoms. The van der Waals surface area contributed by atoms with Crippen molar-refractivity contribution in [3.05, 3.63) is 41.5 Å². The molecule has 20 heavy (non-hydrogen) atoms. The minimum Gasteiger partial charge on any atom is -0.469 e. The number of amides is 1. The van der Waals surface area contributed by atoms with E-state index in [1.54, 1.807) is 20.0 Å². The van der Waals surface area contributed by atoms with E-state index in [2.05, 4.69) is 0 Å². The Morgan fingerprint density at radius 3 is 2.55 bits per heavy atom.